The molecule has 1 amide bonds. The van der Waals surface area contributed by atoms with Gasteiger partial charge in [-0.3, -0.25) is 4.79 Å². The Kier molecular flexibility index (Phi) is 9.53. The van der Waals surface area contributed by atoms with E-state index in [-0.39, 0.29) is 24.0 Å². The van der Waals surface area contributed by atoms with Crippen LogP contribution in [0.5, 0.6) is 5.75 Å². The van der Waals surface area contributed by atoms with E-state index >= 15 is 0 Å². The summed E-state index contributed by atoms with van der Waals surface area (Å²) >= 11 is 6.42. The number of halogens is 1. The molecular weight excluding hydrogens is 612 g/mol. The summed E-state index contributed by atoms with van der Waals surface area (Å²) in [6.07, 6.45) is 10.2. The fraction of sp³-hybridized carbons (Fsp3) is 0.571. The maximum atomic E-state index is 13.6. The number of ether oxygens (including phenoxy) is 3. The zero-order chi connectivity index (χ0) is 31.8. The van der Waals surface area contributed by atoms with Crippen LogP contribution in [0.3, 0.4) is 0 Å². The van der Waals surface area contributed by atoms with E-state index in [2.05, 4.69) is 27.8 Å². The van der Waals surface area contributed by atoms with E-state index in [9.17, 15) is 13.2 Å². The van der Waals surface area contributed by atoms with Gasteiger partial charge in [-0.05, 0) is 112 Å². The number of rotatable bonds is 4. The molecule has 0 aromatic heterocycles. The minimum Gasteiger partial charge on any atom is -0.490 e. The molecule has 8 nitrogen and oxygen atoms in total. The summed E-state index contributed by atoms with van der Waals surface area (Å²) in [4.78, 5) is 16.0. The number of carbonyl (C=O) groups excluding carboxylic acids is 1. The Balaban J connectivity index is 1.41. The molecule has 2 aliphatic carbocycles. The van der Waals surface area contributed by atoms with Gasteiger partial charge in [0.15, 0.2) is 0 Å². The summed E-state index contributed by atoms with van der Waals surface area (Å²) < 4.78 is 47.6. The first kappa shape index (κ1) is 32.4. The second-order valence-corrected chi connectivity index (χ2v) is 15.8. The third-order valence-corrected chi connectivity index (χ3v) is 12.6. The maximum absolute atomic E-state index is 13.6. The zero-order valence-electron chi connectivity index (χ0n) is 26.5. The summed E-state index contributed by atoms with van der Waals surface area (Å²) in [6, 6.07) is 11.5. The molecule has 1 saturated carbocycles. The fourth-order valence-corrected chi connectivity index (χ4v) is 9.55. The molecule has 2 heterocycles. The average Bonchev–Trinajstić information content (AvgIpc) is 3.15. The number of hydrogen-bond donors (Lipinski definition) is 1. The summed E-state index contributed by atoms with van der Waals surface area (Å²) in [5.74, 6) is 0.823. The number of sulfonamides is 1. The monoisotopic (exact) mass is 656 g/mol. The van der Waals surface area contributed by atoms with Gasteiger partial charge < -0.3 is 19.1 Å². The van der Waals surface area contributed by atoms with Crippen LogP contribution in [0.25, 0.3) is 0 Å². The number of aryl methyl sites for hydroxylation is 1. The predicted molar refractivity (Wildman–Crippen MR) is 177 cm³/mol. The Morgan fingerprint density at radius 2 is 2.00 bits per heavy atom. The third-order valence-electron chi connectivity index (χ3n) is 10.6. The van der Waals surface area contributed by atoms with Crippen LogP contribution < -0.4 is 14.4 Å². The molecule has 1 spiro atoms. The Hall–Kier alpha value is -2.59. The van der Waals surface area contributed by atoms with Crippen molar-refractivity contribution in [3.8, 4) is 5.75 Å². The number of anilines is 1. The van der Waals surface area contributed by atoms with Crippen LogP contribution >= 0.6 is 11.6 Å². The van der Waals surface area contributed by atoms with E-state index < -0.39 is 21.2 Å². The van der Waals surface area contributed by atoms with Crippen LogP contribution in [0, 0.1) is 11.8 Å². The Bertz CT molecular complexity index is 1550. The van der Waals surface area contributed by atoms with Crippen LogP contribution in [-0.4, -0.2) is 65.7 Å². The first-order valence-electron chi connectivity index (χ1n) is 16.2. The van der Waals surface area contributed by atoms with E-state index in [0.717, 1.165) is 55.9 Å². The molecule has 0 radical (unpaired) electrons. The van der Waals surface area contributed by atoms with Gasteiger partial charge in [0, 0.05) is 43.3 Å². The number of methoxy groups -OCH3 is 2. The highest BCUT2D eigenvalue weighted by atomic mass is 35.5. The van der Waals surface area contributed by atoms with Crippen molar-refractivity contribution in [1.82, 2.24) is 4.72 Å². The van der Waals surface area contributed by atoms with Gasteiger partial charge in [-0.25, -0.2) is 13.1 Å². The topological polar surface area (TPSA) is 94.2 Å². The highest BCUT2D eigenvalue weighted by Crippen LogP contribution is 2.47. The second kappa shape index (κ2) is 13.3. The average molecular weight is 657 g/mol. The molecule has 244 valence electrons. The summed E-state index contributed by atoms with van der Waals surface area (Å²) in [6.45, 7) is 3.88. The first-order chi connectivity index (χ1) is 21.6. The van der Waals surface area contributed by atoms with Crippen molar-refractivity contribution < 1.29 is 27.4 Å². The highest BCUT2D eigenvalue weighted by molar-refractivity contribution is 7.90. The minimum atomic E-state index is -3.98. The van der Waals surface area contributed by atoms with Crippen molar-refractivity contribution in [3.05, 3.63) is 70.3 Å². The van der Waals surface area contributed by atoms with Crippen molar-refractivity contribution in [2.24, 2.45) is 11.8 Å². The SMILES string of the molecule is CO[C@H]1/C=C/CC[C@@H](C[C@H](C)OC)S(=O)(=O)NC(=O)c2ccc3c(c2)N(C[C@@H]2CC[C@H]21)C[C@@]1(CCCc2cc(Cl)ccc21)CO3. The van der Waals surface area contributed by atoms with Gasteiger partial charge in [-0.1, -0.05) is 29.8 Å². The van der Waals surface area contributed by atoms with E-state index in [1.54, 1.807) is 20.3 Å². The molecule has 6 atom stereocenters. The molecule has 4 aliphatic rings. The molecule has 6 rings (SSSR count). The lowest BCUT2D eigenvalue weighted by molar-refractivity contribution is 0.0131. The van der Waals surface area contributed by atoms with Crippen molar-refractivity contribution in [1.29, 1.82) is 0 Å². The zero-order valence-corrected chi connectivity index (χ0v) is 28.0. The number of nitrogens with zero attached hydrogens (tertiary/aromatic N) is 1. The Morgan fingerprint density at radius 3 is 2.76 bits per heavy atom. The van der Waals surface area contributed by atoms with Crippen LogP contribution in [0.15, 0.2) is 48.6 Å². The standard InChI is InChI=1S/C35H45ClN2O6S/c1-23(42-2)17-28-8-4-5-9-32(43-3)29-13-10-26(29)20-38-21-35(16-6-7-24-18-27(36)12-14-30(24)35)22-44-33-15-11-25(19-31(33)38)34(39)37-45(28,40)41/h5,9,11-12,14-15,18-19,23,26,28-29,32H,4,6-8,10,13,16-17,20-22H2,1-3H3,(H,37,39)/b9-5+/t23-,26-,28-,29+,32-,35-/m0/s1. The largest absolute Gasteiger partial charge is 0.490 e. The van der Waals surface area contributed by atoms with Crippen LogP contribution in [-0.2, 0) is 31.3 Å². The van der Waals surface area contributed by atoms with Crippen LogP contribution in [0.2, 0.25) is 5.02 Å². The Morgan fingerprint density at radius 1 is 1.16 bits per heavy atom. The highest BCUT2D eigenvalue weighted by Gasteiger charge is 2.44. The number of benzene rings is 2. The first-order valence-corrected chi connectivity index (χ1v) is 18.1. The lowest BCUT2D eigenvalue weighted by Crippen LogP contribution is -2.49. The summed E-state index contributed by atoms with van der Waals surface area (Å²) in [5.41, 5.74) is 3.43. The maximum Gasteiger partial charge on any atom is 0.264 e. The summed E-state index contributed by atoms with van der Waals surface area (Å²) in [5, 5.41) is -0.0408. The number of hydrogen-bond acceptors (Lipinski definition) is 7. The van der Waals surface area contributed by atoms with E-state index in [0.29, 0.717) is 42.6 Å². The molecule has 1 N–H and O–H groups in total. The van der Waals surface area contributed by atoms with Gasteiger partial charge in [-0.15, -0.1) is 0 Å². The number of allylic oxidation sites excluding steroid dienone is 1. The Labute approximate surface area is 272 Å². The molecular formula is C35H45ClN2O6S. The third kappa shape index (κ3) is 6.64. The second-order valence-electron chi connectivity index (χ2n) is 13.4. The smallest absolute Gasteiger partial charge is 0.264 e. The van der Waals surface area contributed by atoms with Crippen molar-refractivity contribution in [2.75, 3.05) is 38.8 Å². The molecule has 0 unspecified atom stereocenters. The minimum absolute atomic E-state index is 0.0511. The van der Waals surface area contributed by atoms with Gasteiger partial charge >= 0.3 is 0 Å². The molecule has 2 aliphatic heterocycles. The molecule has 0 saturated heterocycles. The predicted octanol–water partition coefficient (Wildman–Crippen LogP) is 6.06. The number of nitrogens with one attached hydrogen (secondary N) is 1. The van der Waals surface area contributed by atoms with Crippen LogP contribution in [0.1, 0.15) is 73.4 Å². The number of carbonyl (C=O) groups is 1. The molecule has 2 bridgehead atoms. The van der Waals surface area contributed by atoms with Crippen molar-refractivity contribution >= 4 is 33.2 Å². The van der Waals surface area contributed by atoms with Crippen LogP contribution in [0.4, 0.5) is 5.69 Å². The quantitative estimate of drug-likeness (QED) is 0.400. The number of amides is 1. The normalized spacial score (nSPS) is 30.9. The van der Waals surface area contributed by atoms with Crippen molar-refractivity contribution in [3.63, 3.8) is 0 Å². The van der Waals surface area contributed by atoms with Crippen molar-refractivity contribution in [2.45, 2.75) is 81.2 Å². The molecule has 1 fully saturated rings. The lowest BCUT2D eigenvalue weighted by atomic mass is 9.68. The van der Waals surface area contributed by atoms with Gasteiger partial charge in [0.25, 0.3) is 5.91 Å². The van der Waals surface area contributed by atoms with Gasteiger partial charge in [-0.2, -0.15) is 0 Å². The van der Waals surface area contributed by atoms with E-state index in [4.69, 9.17) is 25.8 Å². The fourth-order valence-electron chi connectivity index (χ4n) is 7.84. The number of fused-ring (bicyclic) bond motifs is 4. The van der Waals surface area contributed by atoms with Gasteiger partial charge in [0.05, 0.1) is 29.8 Å². The van der Waals surface area contributed by atoms with Gasteiger partial charge in [0.1, 0.15) is 5.75 Å². The molecule has 45 heavy (non-hydrogen) atoms. The molecule has 10 heteroatoms. The van der Waals surface area contributed by atoms with Gasteiger partial charge in [0.2, 0.25) is 10.0 Å². The van der Waals surface area contributed by atoms with E-state index in [1.807, 2.05) is 31.2 Å². The lowest BCUT2D eigenvalue weighted by Gasteiger charge is -2.46. The molecule has 2 aromatic carbocycles. The summed E-state index contributed by atoms with van der Waals surface area (Å²) in [7, 11) is -0.659. The van der Waals surface area contributed by atoms with E-state index in [1.165, 1.54) is 11.1 Å². The molecule has 2 aromatic rings.